The molecule has 4 nitrogen and oxygen atoms in total. The number of furan rings is 1. The van der Waals surface area contributed by atoms with Crippen LogP contribution in [0.25, 0.3) is 0 Å². The van der Waals surface area contributed by atoms with Crippen molar-refractivity contribution in [3.8, 4) is 0 Å². The van der Waals surface area contributed by atoms with E-state index in [1.165, 1.54) is 30.5 Å². The van der Waals surface area contributed by atoms with Crippen molar-refractivity contribution in [3.05, 3.63) is 88.3 Å². The lowest BCUT2D eigenvalue weighted by molar-refractivity contribution is 0.0978. The Kier molecular flexibility index (Phi) is 5.51. The number of halogens is 2. The van der Waals surface area contributed by atoms with Crippen molar-refractivity contribution < 1.29 is 17.6 Å². The molecule has 0 aliphatic carbocycles. The first-order chi connectivity index (χ1) is 12.4. The second-order valence-electron chi connectivity index (χ2n) is 5.62. The molecule has 134 valence electrons. The van der Waals surface area contributed by atoms with Gasteiger partial charge >= 0.3 is 0 Å². The molecule has 1 aromatic heterocycles. The summed E-state index contributed by atoms with van der Waals surface area (Å²) in [4.78, 5) is 12.6. The van der Waals surface area contributed by atoms with E-state index < -0.39 is 15.1 Å². The van der Waals surface area contributed by atoms with Gasteiger partial charge in [0, 0.05) is 12.0 Å². The molecule has 0 spiro atoms. The average Bonchev–Trinajstić information content (AvgIpc) is 3.16. The van der Waals surface area contributed by atoms with E-state index in [2.05, 4.69) is 0 Å². The van der Waals surface area contributed by atoms with E-state index in [-0.39, 0.29) is 32.9 Å². The molecule has 0 saturated carbocycles. The molecule has 0 aliphatic rings. The molecule has 0 fully saturated rings. The smallest absolute Gasteiger partial charge is 0.188 e. The number of hydrogen-bond donors (Lipinski definition) is 0. The van der Waals surface area contributed by atoms with Crippen LogP contribution >= 0.6 is 23.2 Å². The third-order valence-corrected chi connectivity index (χ3v) is 6.72. The maximum Gasteiger partial charge on any atom is 0.188 e. The van der Waals surface area contributed by atoms with Crippen molar-refractivity contribution in [1.82, 2.24) is 0 Å². The van der Waals surface area contributed by atoms with Gasteiger partial charge in [0.1, 0.15) is 11.0 Å². The summed E-state index contributed by atoms with van der Waals surface area (Å²) >= 11 is 11.8. The van der Waals surface area contributed by atoms with E-state index in [4.69, 9.17) is 27.6 Å². The Balaban J connectivity index is 2.01. The van der Waals surface area contributed by atoms with Crippen LogP contribution in [0.3, 0.4) is 0 Å². The van der Waals surface area contributed by atoms with Gasteiger partial charge in [-0.05, 0) is 30.3 Å². The van der Waals surface area contributed by atoms with Gasteiger partial charge < -0.3 is 4.42 Å². The van der Waals surface area contributed by atoms with Gasteiger partial charge in [-0.15, -0.1) is 0 Å². The van der Waals surface area contributed by atoms with E-state index in [0.717, 1.165) is 0 Å². The third-order valence-electron chi connectivity index (χ3n) is 3.92. The van der Waals surface area contributed by atoms with Crippen molar-refractivity contribution in [2.45, 2.75) is 16.6 Å². The number of hydrogen-bond acceptors (Lipinski definition) is 4. The molecule has 0 saturated heterocycles. The molecule has 0 N–H and O–H groups in total. The molecule has 0 aliphatic heterocycles. The zero-order chi connectivity index (χ0) is 18.7. The first kappa shape index (κ1) is 18.7. The predicted octanol–water partition coefficient (Wildman–Crippen LogP) is 5.37. The SMILES string of the molecule is O=C(C[C@@H](c1ccco1)S(=O)(=O)c1ccc(Cl)c(Cl)c1)c1ccccc1. The monoisotopic (exact) mass is 408 g/mol. The largest absolute Gasteiger partial charge is 0.468 e. The third kappa shape index (κ3) is 3.85. The van der Waals surface area contributed by atoms with Crippen LogP contribution in [0.5, 0.6) is 0 Å². The van der Waals surface area contributed by atoms with Gasteiger partial charge in [-0.3, -0.25) is 4.79 Å². The maximum absolute atomic E-state index is 13.1. The molecule has 0 radical (unpaired) electrons. The minimum atomic E-state index is -3.92. The summed E-state index contributed by atoms with van der Waals surface area (Å²) in [6, 6.07) is 15.7. The highest BCUT2D eigenvalue weighted by Gasteiger charge is 2.34. The minimum absolute atomic E-state index is 0.0193. The first-order valence-corrected chi connectivity index (χ1v) is 10.0. The van der Waals surface area contributed by atoms with Crippen LogP contribution in [-0.4, -0.2) is 14.2 Å². The summed E-state index contributed by atoms with van der Waals surface area (Å²) in [6.07, 6.45) is 1.12. The van der Waals surface area contributed by atoms with E-state index >= 15 is 0 Å². The van der Waals surface area contributed by atoms with Crippen molar-refractivity contribution in [2.75, 3.05) is 0 Å². The fraction of sp³-hybridized carbons (Fsp3) is 0.105. The Morgan fingerprint density at radius 3 is 2.31 bits per heavy atom. The molecule has 0 bridgehead atoms. The Hall–Kier alpha value is -2.08. The normalized spacial score (nSPS) is 12.7. The summed E-state index contributed by atoms with van der Waals surface area (Å²) in [5, 5.41) is -0.789. The number of benzene rings is 2. The molecule has 0 amide bonds. The van der Waals surface area contributed by atoms with Crippen LogP contribution in [0, 0.1) is 0 Å². The fourth-order valence-electron chi connectivity index (χ4n) is 2.57. The summed E-state index contributed by atoms with van der Waals surface area (Å²) in [5.41, 5.74) is 0.438. The second kappa shape index (κ2) is 7.66. The molecule has 3 rings (SSSR count). The second-order valence-corrected chi connectivity index (χ2v) is 8.56. The summed E-state index contributed by atoms with van der Waals surface area (Å²) in [5.74, 6) is -0.101. The van der Waals surface area contributed by atoms with Crippen LogP contribution in [0.4, 0.5) is 0 Å². The van der Waals surface area contributed by atoms with Crippen LogP contribution in [0.2, 0.25) is 10.0 Å². The van der Waals surface area contributed by atoms with Gasteiger partial charge in [-0.25, -0.2) is 8.42 Å². The first-order valence-electron chi connectivity index (χ1n) is 7.70. The lowest BCUT2D eigenvalue weighted by Crippen LogP contribution is -2.17. The lowest BCUT2D eigenvalue weighted by Gasteiger charge is -2.16. The number of carbonyl (C=O) groups excluding carboxylic acids is 1. The van der Waals surface area contributed by atoms with Crippen molar-refractivity contribution in [1.29, 1.82) is 0 Å². The zero-order valence-corrected chi connectivity index (χ0v) is 15.8. The number of sulfone groups is 1. The number of Topliss-reactive ketones (excluding diaryl/α,β-unsaturated/α-hetero) is 1. The fourth-order valence-corrected chi connectivity index (χ4v) is 4.61. The molecule has 3 aromatic rings. The molecule has 2 aromatic carbocycles. The molecule has 26 heavy (non-hydrogen) atoms. The number of ketones is 1. The van der Waals surface area contributed by atoms with E-state index in [1.54, 1.807) is 36.4 Å². The van der Waals surface area contributed by atoms with Gasteiger partial charge in [0.05, 0.1) is 21.2 Å². The van der Waals surface area contributed by atoms with Gasteiger partial charge in [-0.1, -0.05) is 53.5 Å². The Morgan fingerprint density at radius 2 is 1.69 bits per heavy atom. The Morgan fingerprint density at radius 1 is 0.962 bits per heavy atom. The molecule has 7 heteroatoms. The van der Waals surface area contributed by atoms with Gasteiger partial charge in [-0.2, -0.15) is 0 Å². The highest BCUT2D eigenvalue weighted by molar-refractivity contribution is 7.91. The molecular weight excluding hydrogens is 395 g/mol. The highest BCUT2D eigenvalue weighted by Crippen LogP contribution is 2.35. The summed E-state index contributed by atoms with van der Waals surface area (Å²) < 4.78 is 31.6. The standard InChI is InChI=1S/C19H14Cl2O4S/c20-15-9-8-14(11-16(15)21)26(23,24)19(18-7-4-10-25-18)12-17(22)13-5-2-1-3-6-13/h1-11,19H,12H2/t19-/m0/s1. The lowest BCUT2D eigenvalue weighted by atomic mass is 10.1. The molecule has 0 unspecified atom stereocenters. The van der Waals surface area contributed by atoms with Crippen LogP contribution < -0.4 is 0 Å². The summed E-state index contributed by atoms with van der Waals surface area (Å²) in [7, 11) is -3.92. The van der Waals surface area contributed by atoms with E-state index in [1.807, 2.05) is 0 Å². The molecular formula is C19H14Cl2O4S. The van der Waals surface area contributed by atoms with Gasteiger partial charge in [0.2, 0.25) is 0 Å². The van der Waals surface area contributed by atoms with Crippen LogP contribution in [-0.2, 0) is 9.84 Å². The number of carbonyl (C=O) groups is 1. The van der Waals surface area contributed by atoms with E-state index in [9.17, 15) is 13.2 Å². The van der Waals surface area contributed by atoms with Crippen molar-refractivity contribution in [2.24, 2.45) is 0 Å². The van der Waals surface area contributed by atoms with Gasteiger partial charge in [0.25, 0.3) is 0 Å². The zero-order valence-electron chi connectivity index (χ0n) is 13.4. The average molecular weight is 409 g/mol. The van der Waals surface area contributed by atoms with Crippen molar-refractivity contribution in [3.63, 3.8) is 0 Å². The molecule has 1 heterocycles. The number of rotatable bonds is 6. The topological polar surface area (TPSA) is 64.3 Å². The van der Waals surface area contributed by atoms with Crippen molar-refractivity contribution >= 4 is 38.8 Å². The van der Waals surface area contributed by atoms with Gasteiger partial charge in [0.15, 0.2) is 15.6 Å². The molecule has 1 atom stereocenters. The highest BCUT2D eigenvalue weighted by atomic mass is 35.5. The van der Waals surface area contributed by atoms with E-state index in [0.29, 0.717) is 5.56 Å². The predicted molar refractivity (Wildman–Crippen MR) is 100 cm³/mol. The van der Waals surface area contributed by atoms with Crippen LogP contribution in [0.1, 0.15) is 27.8 Å². The van der Waals surface area contributed by atoms with Crippen LogP contribution in [0.15, 0.2) is 76.2 Å². The minimum Gasteiger partial charge on any atom is -0.468 e. The quantitative estimate of drug-likeness (QED) is 0.513. The maximum atomic E-state index is 13.1. The Bertz CT molecular complexity index is 1010. The summed E-state index contributed by atoms with van der Waals surface area (Å²) in [6.45, 7) is 0. The Labute approximate surface area is 161 Å².